The third kappa shape index (κ3) is 4.43. The first kappa shape index (κ1) is 23.9. The second kappa shape index (κ2) is 9.34. The number of halogens is 1. The number of aromatic nitrogens is 4. The van der Waals surface area contributed by atoms with Crippen molar-refractivity contribution in [3.8, 4) is 11.1 Å². The summed E-state index contributed by atoms with van der Waals surface area (Å²) in [5, 5.41) is 13.1. The van der Waals surface area contributed by atoms with Crippen LogP contribution in [0.3, 0.4) is 0 Å². The van der Waals surface area contributed by atoms with Gasteiger partial charge < -0.3 is 5.32 Å². The van der Waals surface area contributed by atoms with Crippen LogP contribution in [0.5, 0.6) is 0 Å². The number of carbonyl (C=O) groups is 1. The van der Waals surface area contributed by atoms with E-state index in [9.17, 15) is 13.2 Å². The summed E-state index contributed by atoms with van der Waals surface area (Å²) in [5.41, 5.74) is 3.01. The molecule has 36 heavy (non-hydrogen) atoms. The Labute approximate surface area is 215 Å². The van der Waals surface area contributed by atoms with E-state index in [0.29, 0.717) is 33.4 Å². The number of anilines is 2. The second-order valence-corrected chi connectivity index (χ2v) is 11.3. The van der Waals surface area contributed by atoms with Crippen LogP contribution < -0.4 is 9.62 Å². The molecule has 0 spiro atoms. The van der Waals surface area contributed by atoms with E-state index in [2.05, 4.69) is 25.5 Å². The summed E-state index contributed by atoms with van der Waals surface area (Å²) < 4.78 is 27.4. The van der Waals surface area contributed by atoms with E-state index in [1.807, 2.05) is 13.0 Å². The lowest BCUT2D eigenvalue weighted by molar-refractivity contribution is 0.102. The van der Waals surface area contributed by atoms with Crippen LogP contribution in [0.2, 0.25) is 5.15 Å². The topological polar surface area (TPSA) is 121 Å². The molecular weight excluding hydrogens is 520 g/mol. The smallest absolute Gasteiger partial charge is 0.275 e. The van der Waals surface area contributed by atoms with Gasteiger partial charge in [-0.3, -0.25) is 14.2 Å². The number of amides is 1. The number of pyridine rings is 1. The molecule has 5 aromatic rings. The van der Waals surface area contributed by atoms with E-state index < -0.39 is 10.0 Å². The number of thiazole rings is 1. The first-order chi connectivity index (χ1) is 17.2. The fourth-order valence-corrected chi connectivity index (χ4v) is 5.76. The summed E-state index contributed by atoms with van der Waals surface area (Å²) in [7, 11) is -2.44. The molecule has 3 aromatic heterocycles. The number of fused-ring (bicyclic) bond motifs is 1. The van der Waals surface area contributed by atoms with Crippen molar-refractivity contribution in [3.63, 3.8) is 0 Å². The minimum atomic E-state index is -3.86. The van der Waals surface area contributed by atoms with Crippen LogP contribution in [0.1, 0.15) is 15.5 Å². The third-order valence-electron chi connectivity index (χ3n) is 5.55. The van der Waals surface area contributed by atoms with Gasteiger partial charge in [0.05, 0.1) is 33.0 Å². The molecule has 0 aliphatic carbocycles. The number of H-pyrrole nitrogens is 1. The zero-order chi connectivity index (χ0) is 25.4. The maximum absolute atomic E-state index is 13.2. The van der Waals surface area contributed by atoms with Crippen LogP contribution in [0, 0.1) is 6.92 Å². The number of sulfonamides is 1. The Hall–Kier alpha value is -3.80. The molecule has 0 aliphatic heterocycles. The quantitative estimate of drug-likeness (QED) is 0.289. The monoisotopic (exact) mass is 538 g/mol. The summed E-state index contributed by atoms with van der Waals surface area (Å²) in [6.45, 7) is 1.83. The Morgan fingerprint density at radius 1 is 1.11 bits per heavy atom. The lowest BCUT2D eigenvalue weighted by Gasteiger charge is -2.21. The zero-order valence-electron chi connectivity index (χ0n) is 19.1. The van der Waals surface area contributed by atoms with Gasteiger partial charge in [0, 0.05) is 29.6 Å². The van der Waals surface area contributed by atoms with Gasteiger partial charge in [0.1, 0.15) is 5.69 Å². The molecule has 0 saturated carbocycles. The number of aromatic amines is 1. The number of aryl methyl sites for hydroxylation is 1. The molecule has 0 bridgehead atoms. The van der Waals surface area contributed by atoms with Crippen LogP contribution in [-0.4, -0.2) is 41.5 Å². The number of nitrogens with one attached hydrogen (secondary N) is 2. The maximum atomic E-state index is 13.2. The molecule has 1 amide bonds. The lowest BCUT2D eigenvalue weighted by atomic mass is 10.0. The summed E-state index contributed by atoms with van der Waals surface area (Å²) in [5.74, 6) is -0.345. The number of benzene rings is 2. The van der Waals surface area contributed by atoms with Gasteiger partial charge in [-0.1, -0.05) is 29.8 Å². The van der Waals surface area contributed by atoms with Gasteiger partial charge in [-0.05, 0) is 42.8 Å². The highest BCUT2D eigenvalue weighted by molar-refractivity contribution is 7.92. The van der Waals surface area contributed by atoms with Gasteiger partial charge in [-0.15, -0.1) is 11.3 Å². The van der Waals surface area contributed by atoms with Crippen LogP contribution in [0.15, 0.2) is 71.2 Å². The van der Waals surface area contributed by atoms with E-state index in [-0.39, 0.29) is 21.6 Å². The average molecular weight is 539 g/mol. The number of hydrogen-bond donors (Lipinski definition) is 2. The Kier molecular flexibility index (Phi) is 6.20. The highest BCUT2D eigenvalue weighted by Crippen LogP contribution is 2.35. The van der Waals surface area contributed by atoms with Gasteiger partial charge in [0.15, 0.2) is 5.15 Å². The van der Waals surface area contributed by atoms with Gasteiger partial charge in [0.2, 0.25) is 0 Å². The summed E-state index contributed by atoms with van der Waals surface area (Å²) in [6.07, 6.45) is 3.16. The summed E-state index contributed by atoms with van der Waals surface area (Å²) in [6, 6.07) is 13.3. The SMILES string of the molecule is Cc1nc(C(=O)Nc2cc(-c3cnc(Cl)c(N(C)S(=O)(=O)c4ccccc4)c3)cc3[nH]ncc23)cs1. The van der Waals surface area contributed by atoms with Gasteiger partial charge in [-0.25, -0.2) is 18.4 Å². The minimum Gasteiger partial charge on any atom is -0.320 e. The van der Waals surface area contributed by atoms with Crippen molar-refractivity contribution < 1.29 is 13.2 Å². The fourth-order valence-electron chi connectivity index (χ4n) is 3.67. The van der Waals surface area contributed by atoms with Crippen LogP contribution in [0.25, 0.3) is 22.0 Å². The molecule has 0 fully saturated rings. The summed E-state index contributed by atoms with van der Waals surface area (Å²) >= 11 is 7.71. The molecule has 2 aromatic carbocycles. The van der Waals surface area contributed by atoms with Crippen molar-refractivity contribution >= 4 is 61.1 Å². The molecule has 182 valence electrons. The zero-order valence-corrected chi connectivity index (χ0v) is 21.4. The van der Waals surface area contributed by atoms with Gasteiger partial charge >= 0.3 is 0 Å². The Morgan fingerprint density at radius 3 is 2.61 bits per heavy atom. The fraction of sp³-hybridized carbons (Fsp3) is 0.0833. The number of nitrogens with zero attached hydrogens (tertiary/aromatic N) is 4. The van der Waals surface area contributed by atoms with Crippen LogP contribution in [-0.2, 0) is 10.0 Å². The largest absolute Gasteiger partial charge is 0.320 e. The third-order valence-corrected chi connectivity index (χ3v) is 8.40. The Morgan fingerprint density at radius 2 is 1.89 bits per heavy atom. The number of rotatable bonds is 6. The van der Waals surface area contributed by atoms with Gasteiger partial charge in [0.25, 0.3) is 15.9 Å². The van der Waals surface area contributed by atoms with Crippen molar-refractivity contribution in [2.75, 3.05) is 16.7 Å². The minimum absolute atomic E-state index is 0.0378. The molecule has 3 heterocycles. The van der Waals surface area contributed by atoms with Crippen molar-refractivity contribution in [2.24, 2.45) is 0 Å². The maximum Gasteiger partial charge on any atom is 0.275 e. The lowest BCUT2D eigenvalue weighted by Crippen LogP contribution is -2.27. The molecule has 2 N–H and O–H groups in total. The van der Waals surface area contributed by atoms with Crippen LogP contribution in [0.4, 0.5) is 11.4 Å². The predicted octanol–water partition coefficient (Wildman–Crippen LogP) is 5.12. The molecule has 0 unspecified atom stereocenters. The van der Waals surface area contributed by atoms with E-state index in [4.69, 9.17) is 11.6 Å². The standard InChI is InChI=1S/C24H19ClN6O3S2/c1-14-28-21(13-35-14)24(32)29-19-8-15(9-20-18(19)12-27-30-20)16-10-22(23(25)26-11-16)31(2)36(33,34)17-6-4-3-5-7-17/h3-13H,1-2H3,(H,27,30)(H,29,32). The van der Waals surface area contributed by atoms with E-state index in [1.165, 1.54) is 30.5 Å². The first-order valence-electron chi connectivity index (χ1n) is 10.6. The molecule has 9 nitrogen and oxygen atoms in total. The highest BCUT2D eigenvalue weighted by Gasteiger charge is 2.24. The van der Waals surface area contributed by atoms with Gasteiger partial charge in [-0.2, -0.15) is 5.10 Å². The van der Waals surface area contributed by atoms with E-state index >= 15 is 0 Å². The first-order valence-corrected chi connectivity index (χ1v) is 13.3. The predicted molar refractivity (Wildman–Crippen MR) is 141 cm³/mol. The molecule has 5 rings (SSSR count). The molecule has 0 radical (unpaired) electrons. The number of hydrogen-bond acceptors (Lipinski definition) is 7. The van der Waals surface area contributed by atoms with Crippen molar-refractivity contribution in [1.29, 1.82) is 0 Å². The molecule has 12 heteroatoms. The molecule has 0 atom stereocenters. The molecule has 0 aliphatic rings. The second-order valence-electron chi connectivity index (χ2n) is 7.88. The van der Waals surface area contributed by atoms with Crippen molar-refractivity contribution in [1.82, 2.24) is 20.2 Å². The Bertz CT molecular complexity index is 1700. The normalized spacial score (nSPS) is 11.5. The average Bonchev–Trinajstić information content (AvgIpc) is 3.53. The molecular formula is C24H19ClN6O3S2. The Balaban J connectivity index is 1.55. The van der Waals surface area contributed by atoms with Crippen molar-refractivity contribution in [2.45, 2.75) is 11.8 Å². The van der Waals surface area contributed by atoms with Crippen LogP contribution >= 0.6 is 22.9 Å². The molecule has 0 saturated heterocycles. The summed E-state index contributed by atoms with van der Waals surface area (Å²) in [4.78, 5) is 21.4. The van der Waals surface area contributed by atoms with Crippen molar-refractivity contribution in [3.05, 3.63) is 82.2 Å². The highest BCUT2D eigenvalue weighted by atomic mass is 35.5. The number of carbonyl (C=O) groups excluding carboxylic acids is 1. The van der Waals surface area contributed by atoms with E-state index in [1.54, 1.807) is 48.1 Å². The van der Waals surface area contributed by atoms with E-state index in [0.717, 1.165) is 9.31 Å².